The number of carbonyl (C=O) groups excluding carboxylic acids is 2. The van der Waals surface area contributed by atoms with Gasteiger partial charge < -0.3 is 9.84 Å². The fourth-order valence-electron chi connectivity index (χ4n) is 6.74. The normalized spacial score (nSPS) is 49.7. The van der Waals surface area contributed by atoms with Crippen molar-refractivity contribution in [1.82, 2.24) is 0 Å². The average molecular weight is 377 g/mol. The van der Waals surface area contributed by atoms with Gasteiger partial charge >= 0.3 is 5.97 Å². The van der Waals surface area contributed by atoms with E-state index in [4.69, 9.17) is 4.74 Å². The molecule has 0 amide bonds. The molecule has 0 radical (unpaired) electrons. The van der Waals surface area contributed by atoms with E-state index in [1.807, 2.05) is 13.0 Å². The number of rotatable bonds is 3. The van der Waals surface area contributed by atoms with Gasteiger partial charge in [-0.2, -0.15) is 0 Å². The molecule has 152 valence electrons. The molecule has 8 atom stereocenters. The van der Waals surface area contributed by atoms with Crippen LogP contribution in [0.3, 0.4) is 0 Å². The number of hydrogen-bond acceptors (Lipinski definition) is 4. The predicted octanol–water partition coefficient (Wildman–Crippen LogP) is 4.30. The zero-order chi connectivity index (χ0) is 20.2. The molecule has 4 heteroatoms. The van der Waals surface area contributed by atoms with Crippen molar-refractivity contribution in [2.45, 2.75) is 85.4 Å². The van der Waals surface area contributed by atoms with E-state index >= 15 is 0 Å². The van der Waals surface area contributed by atoms with Gasteiger partial charge in [-0.25, -0.2) is 0 Å². The summed E-state index contributed by atoms with van der Waals surface area (Å²) in [6.07, 6.45) is 5.02. The number of carbonyl (C=O) groups is 2. The fourth-order valence-corrected chi connectivity index (χ4v) is 6.74. The van der Waals surface area contributed by atoms with Crippen molar-refractivity contribution in [3.05, 3.63) is 12.7 Å². The summed E-state index contributed by atoms with van der Waals surface area (Å²) in [5, 5.41) is 11.4. The van der Waals surface area contributed by atoms with E-state index in [0.29, 0.717) is 25.0 Å². The molecule has 0 spiro atoms. The highest BCUT2D eigenvalue weighted by Crippen LogP contribution is 2.67. The SMILES string of the molecule is C=C[C@]1(C)C[C@@H](OC(=O)CC)[C@@]2(C)C3C(=O)CC[C@@]3(CC[C@H]2C)[C@@H](C)[C@@H]1O. The van der Waals surface area contributed by atoms with Crippen molar-refractivity contribution in [2.24, 2.45) is 34.0 Å². The minimum absolute atomic E-state index is 0.00611. The van der Waals surface area contributed by atoms with Gasteiger partial charge in [0, 0.05) is 29.6 Å². The lowest BCUT2D eigenvalue weighted by Crippen LogP contribution is -2.63. The smallest absolute Gasteiger partial charge is 0.305 e. The number of ether oxygens (including phenoxy) is 1. The van der Waals surface area contributed by atoms with Crippen LogP contribution in [0.15, 0.2) is 12.7 Å². The van der Waals surface area contributed by atoms with Crippen LogP contribution in [-0.4, -0.2) is 29.1 Å². The fraction of sp³-hybridized carbons (Fsp3) is 0.826. The molecular weight excluding hydrogens is 340 g/mol. The first kappa shape index (κ1) is 20.6. The first-order valence-corrected chi connectivity index (χ1v) is 10.6. The lowest BCUT2D eigenvalue weighted by atomic mass is 9.44. The molecule has 0 aromatic carbocycles. The monoisotopic (exact) mass is 376 g/mol. The molecule has 1 N–H and O–H groups in total. The summed E-state index contributed by atoms with van der Waals surface area (Å²) in [6, 6.07) is 0. The Bertz CT molecular complexity index is 642. The van der Waals surface area contributed by atoms with Crippen molar-refractivity contribution < 1.29 is 19.4 Å². The summed E-state index contributed by atoms with van der Waals surface area (Å²) in [4.78, 5) is 25.5. The number of hydrogen-bond donors (Lipinski definition) is 1. The van der Waals surface area contributed by atoms with Crippen molar-refractivity contribution in [3.63, 3.8) is 0 Å². The molecule has 3 fully saturated rings. The molecule has 2 bridgehead atoms. The van der Waals surface area contributed by atoms with Crippen LogP contribution in [0.4, 0.5) is 0 Å². The van der Waals surface area contributed by atoms with Crippen molar-refractivity contribution in [1.29, 1.82) is 0 Å². The number of ketones is 1. The number of Topliss-reactive ketones (excluding diaryl/α,β-unsaturated/α-hetero) is 1. The third kappa shape index (κ3) is 2.73. The van der Waals surface area contributed by atoms with Gasteiger partial charge in [0.05, 0.1) is 6.10 Å². The molecule has 0 saturated heterocycles. The average Bonchev–Trinajstić information content (AvgIpc) is 3.00. The van der Waals surface area contributed by atoms with Crippen LogP contribution in [-0.2, 0) is 14.3 Å². The van der Waals surface area contributed by atoms with Gasteiger partial charge in [-0.05, 0) is 42.9 Å². The number of esters is 1. The predicted molar refractivity (Wildman–Crippen MR) is 105 cm³/mol. The quantitative estimate of drug-likeness (QED) is 0.589. The Hall–Kier alpha value is -1.16. The molecular formula is C23H36O4. The summed E-state index contributed by atoms with van der Waals surface area (Å²) in [5.41, 5.74) is -1.17. The second kappa shape index (κ2) is 6.72. The molecule has 1 unspecified atom stereocenters. The molecule has 0 heterocycles. The summed E-state index contributed by atoms with van der Waals surface area (Å²) in [6.45, 7) is 14.3. The largest absolute Gasteiger partial charge is 0.462 e. The third-order valence-electron chi connectivity index (χ3n) is 8.86. The Morgan fingerprint density at radius 2 is 2.00 bits per heavy atom. The van der Waals surface area contributed by atoms with E-state index in [-0.39, 0.29) is 29.1 Å². The summed E-state index contributed by atoms with van der Waals surface area (Å²) < 4.78 is 6.02. The van der Waals surface area contributed by atoms with Crippen LogP contribution in [0.2, 0.25) is 0 Å². The highest BCUT2D eigenvalue weighted by atomic mass is 16.5. The molecule has 27 heavy (non-hydrogen) atoms. The third-order valence-corrected chi connectivity index (χ3v) is 8.86. The highest BCUT2D eigenvalue weighted by Gasteiger charge is 2.68. The van der Waals surface area contributed by atoms with Gasteiger partial charge in [-0.15, -0.1) is 6.58 Å². The zero-order valence-corrected chi connectivity index (χ0v) is 17.6. The van der Waals surface area contributed by atoms with Gasteiger partial charge in [-0.1, -0.05) is 40.7 Å². The number of aliphatic hydroxyl groups excluding tert-OH is 1. The van der Waals surface area contributed by atoms with Gasteiger partial charge in [0.1, 0.15) is 11.9 Å². The summed E-state index contributed by atoms with van der Waals surface area (Å²) in [7, 11) is 0. The standard InChI is InChI=1S/C23H36O4/c1-7-18(25)27-17-13-21(5,8-2)20(26)15(4)23-11-9-14(3)22(17,6)19(23)16(24)10-12-23/h8,14-15,17,19-20,26H,2,7,9-13H2,1,3-6H3/t14-,15+,17-,19?,20+,21-,22+,23+/m1/s1. The lowest BCUT2D eigenvalue weighted by Gasteiger charge is -2.61. The molecule has 3 saturated carbocycles. The molecule has 4 nitrogen and oxygen atoms in total. The maximum absolute atomic E-state index is 13.2. The Labute approximate surface area is 163 Å². The van der Waals surface area contributed by atoms with Crippen molar-refractivity contribution in [3.8, 4) is 0 Å². The van der Waals surface area contributed by atoms with Crippen LogP contribution in [0.5, 0.6) is 0 Å². The van der Waals surface area contributed by atoms with Gasteiger partial charge in [0.15, 0.2) is 0 Å². The highest BCUT2D eigenvalue weighted by molar-refractivity contribution is 5.85. The van der Waals surface area contributed by atoms with E-state index < -0.39 is 23.0 Å². The second-order valence-corrected chi connectivity index (χ2v) is 9.92. The molecule has 0 aliphatic heterocycles. The van der Waals surface area contributed by atoms with Gasteiger partial charge in [0.2, 0.25) is 0 Å². The van der Waals surface area contributed by atoms with E-state index in [9.17, 15) is 14.7 Å². The minimum Gasteiger partial charge on any atom is -0.462 e. The summed E-state index contributed by atoms with van der Waals surface area (Å²) in [5.74, 6) is 0.199. The van der Waals surface area contributed by atoms with Gasteiger partial charge in [-0.3, -0.25) is 9.59 Å². The Morgan fingerprint density at radius 1 is 1.33 bits per heavy atom. The zero-order valence-electron chi connectivity index (χ0n) is 17.6. The van der Waals surface area contributed by atoms with E-state index in [0.717, 1.165) is 19.3 Å². The lowest BCUT2D eigenvalue weighted by molar-refractivity contribution is -0.206. The van der Waals surface area contributed by atoms with Gasteiger partial charge in [0.25, 0.3) is 0 Å². The maximum Gasteiger partial charge on any atom is 0.305 e. The Balaban J connectivity index is 2.21. The van der Waals surface area contributed by atoms with E-state index in [2.05, 4.69) is 27.4 Å². The second-order valence-electron chi connectivity index (χ2n) is 9.92. The Kier molecular flexibility index (Phi) is 5.12. The van der Waals surface area contributed by atoms with E-state index in [1.54, 1.807) is 6.92 Å². The molecule has 3 aliphatic carbocycles. The van der Waals surface area contributed by atoms with Crippen LogP contribution < -0.4 is 0 Å². The molecule has 3 aliphatic rings. The first-order valence-electron chi connectivity index (χ1n) is 10.6. The maximum atomic E-state index is 13.2. The molecule has 3 rings (SSSR count). The minimum atomic E-state index is -0.607. The molecule has 0 aromatic heterocycles. The van der Waals surface area contributed by atoms with E-state index in [1.165, 1.54) is 0 Å². The van der Waals surface area contributed by atoms with Crippen LogP contribution in [0.25, 0.3) is 0 Å². The first-order chi connectivity index (χ1) is 12.6. The number of aliphatic hydroxyl groups is 1. The molecule has 0 aromatic rings. The van der Waals surface area contributed by atoms with Crippen molar-refractivity contribution >= 4 is 11.8 Å². The summed E-state index contributed by atoms with van der Waals surface area (Å²) >= 11 is 0. The van der Waals surface area contributed by atoms with Crippen LogP contribution >= 0.6 is 0 Å². The van der Waals surface area contributed by atoms with Crippen LogP contribution in [0, 0.1) is 34.0 Å². The van der Waals surface area contributed by atoms with Crippen LogP contribution in [0.1, 0.15) is 73.1 Å². The Morgan fingerprint density at radius 3 is 2.59 bits per heavy atom. The van der Waals surface area contributed by atoms with Crippen molar-refractivity contribution in [2.75, 3.05) is 0 Å². The topological polar surface area (TPSA) is 63.6 Å².